The third-order valence-corrected chi connectivity index (χ3v) is 4.87. The highest BCUT2D eigenvalue weighted by atomic mass is 19.1. The number of aliphatic imine (C=N–C) groups is 1. The standard InChI is InChI=1S/C19H26FN5O/c1-22-18(23-12-15-7-6-14(11-21)10-16(15)20)24-13-19(8-4-5-9-19)17(26)25(2)3/h6-7,10H,4-5,8-9,12-13H2,1-3H3,(H2,22,23,24). The monoisotopic (exact) mass is 359 g/mol. The van der Waals surface area contributed by atoms with Crippen LogP contribution in [0, 0.1) is 22.6 Å². The molecule has 7 heteroatoms. The summed E-state index contributed by atoms with van der Waals surface area (Å²) in [7, 11) is 5.20. The number of guanidine groups is 1. The molecular weight excluding hydrogens is 333 g/mol. The van der Waals surface area contributed by atoms with E-state index in [0.29, 0.717) is 23.6 Å². The van der Waals surface area contributed by atoms with E-state index in [0.717, 1.165) is 25.7 Å². The van der Waals surface area contributed by atoms with Gasteiger partial charge in [-0.25, -0.2) is 4.39 Å². The van der Waals surface area contributed by atoms with Crippen LogP contribution in [0.15, 0.2) is 23.2 Å². The second kappa shape index (κ2) is 8.65. The van der Waals surface area contributed by atoms with Gasteiger partial charge in [-0.1, -0.05) is 18.9 Å². The summed E-state index contributed by atoms with van der Waals surface area (Å²) in [6.07, 6.45) is 3.81. The van der Waals surface area contributed by atoms with Crippen molar-refractivity contribution >= 4 is 11.9 Å². The zero-order chi connectivity index (χ0) is 19.2. The van der Waals surface area contributed by atoms with Crippen molar-refractivity contribution in [3.05, 3.63) is 35.1 Å². The Morgan fingerprint density at radius 1 is 1.35 bits per heavy atom. The summed E-state index contributed by atoms with van der Waals surface area (Å²) >= 11 is 0. The van der Waals surface area contributed by atoms with Crippen molar-refractivity contribution in [3.63, 3.8) is 0 Å². The number of amides is 1. The SMILES string of the molecule is CN=C(NCc1ccc(C#N)cc1F)NCC1(C(=O)N(C)C)CCCC1. The molecule has 1 saturated carbocycles. The zero-order valence-electron chi connectivity index (χ0n) is 15.6. The quantitative estimate of drug-likeness (QED) is 0.622. The van der Waals surface area contributed by atoms with Crippen LogP contribution in [0.4, 0.5) is 4.39 Å². The predicted molar refractivity (Wildman–Crippen MR) is 98.9 cm³/mol. The predicted octanol–water partition coefficient (Wildman–Crippen LogP) is 2.01. The molecule has 1 aromatic rings. The van der Waals surface area contributed by atoms with Gasteiger partial charge in [0, 0.05) is 39.8 Å². The first-order valence-electron chi connectivity index (χ1n) is 8.76. The molecule has 26 heavy (non-hydrogen) atoms. The topological polar surface area (TPSA) is 80.5 Å². The Morgan fingerprint density at radius 2 is 2.04 bits per heavy atom. The van der Waals surface area contributed by atoms with Crippen LogP contribution in [0.2, 0.25) is 0 Å². The Hall–Kier alpha value is -2.62. The molecule has 1 aliphatic rings. The van der Waals surface area contributed by atoms with Gasteiger partial charge >= 0.3 is 0 Å². The Morgan fingerprint density at radius 3 is 2.58 bits per heavy atom. The van der Waals surface area contributed by atoms with Crippen LogP contribution in [-0.2, 0) is 11.3 Å². The van der Waals surface area contributed by atoms with E-state index in [9.17, 15) is 9.18 Å². The third kappa shape index (κ3) is 4.51. The van der Waals surface area contributed by atoms with Gasteiger partial charge in [0.05, 0.1) is 17.0 Å². The highest BCUT2D eigenvalue weighted by molar-refractivity contribution is 5.85. The maximum atomic E-state index is 14.0. The fourth-order valence-corrected chi connectivity index (χ4v) is 3.41. The van der Waals surface area contributed by atoms with Gasteiger partial charge in [0.1, 0.15) is 5.82 Å². The average Bonchev–Trinajstić information content (AvgIpc) is 3.12. The van der Waals surface area contributed by atoms with Crippen molar-refractivity contribution in [3.8, 4) is 6.07 Å². The summed E-state index contributed by atoms with van der Waals surface area (Å²) in [6.45, 7) is 0.741. The van der Waals surface area contributed by atoms with Crippen LogP contribution >= 0.6 is 0 Å². The van der Waals surface area contributed by atoms with Gasteiger partial charge in [-0.05, 0) is 25.0 Å². The summed E-state index contributed by atoms with van der Waals surface area (Å²) in [5.74, 6) is 0.227. The van der Waals surface area contributed by atoms with Crippen LogP contribution < -0.4 is 10.6 Å². The first kappa shape index (κ1) is 19.7. The Balaban J connectivity index is 1.97. The lowest BCUT2D eigenvalue weighted by Gasteiger charge is -2.31. The lowest BCUT2D eigenvalue weighted by atomic mass is 9.84. The molecule has 0 radical (unpaired) electrons. The molecule has 0 bridgehead atoms. The van der Waals surface area contributed by atoms with E-state index in [1.807, 2.05) is 6.07 Å². The van der Waals surface area contributed by atoms with Gasteiger partial charge < -0.3 is 15.5 Å². The van der Waals surface area contributed by atoms with Gasteiger partial charge in [0.2, 0.25) is 5.91 Å². The van der Waals surface area contributed by atoms with Crippen LogP contribution in [0.1, 0.15) is 36.8 Å². The molecule has 0 heterocycles. The number of hydrogen-bond acceptors (Lipinski definition) is 3. The average molecular weight is 359 g/mol. The number of nitrogens with zero attached hydrogens (tertiary/aromatic N) is 3. The first-order valence-corrected chi connectivity index (χ1v) is 8.76. The molecule has 1 fully saturated rings. The number of nitrogens with one attached hydrogen (secondary N) is 2. The summed E-state index contributed by atoms with van der Waals surface area (Å²) in [5, 5.41) is 15.1. The number of halogens is 1. The number of hydrogen-bond donors (Lipinski definition) is 2. The Labute approximate surface area is 154 Å². The van der Waals surface area contributed by atoms with Crippen molar-refractivity contribution in [2.75, 3.05) is 27.7 Å². The minimum Gasteiger partial charge on any atom is -0.355 e. The van der Waals surface area contributed by atoms with E-state index in [4.69, 9.17) is 5.26 Å². The van der Waals surface area contributed by atoms with E-state index in [1.54, 1.807) is 38.2 Å². The van der Waals surface area contributed by atoms with Crippen molar-refractivity contribution < 1.29 is 9.18 Å². The molecule has 0 unspecified atom stereocenters. The Kier molecular flexibility index (Phi) is 6.56. The summed E-state index contributed by atoms with van der Waals surface area (Å²) < 4.78 is 14.0. The minimum atomic E-state index is -0.429. The molecule has 140 valence electrons. The first-order chi connectivity index (χ1) is 12.4. The molecular formula is C19H26FN5O. The second-order valence-corrected chi connectivity index (χ2v) is 6.88. The van der Waals surface area contributed by atoms with E-state index in [1.165, 1.54) is 6.07 Å². The summed E-state index contributed by atoms with van der Waals surface area (Å²) in [4.78, 5) is 18.4. The molecule has 0 spiro atoms. The van der Waals surface area contributed by atoms with Crippen LogP contribution in [0.5, 0.6) is 0 Å². The molecule has 2 N–H and O–H groups in total. The van der Waals surface area contributed by atoms with Gasteiger partial charge in [0.15, 0.2) is 5.96 Å². The second-order valence-electron chi connectivity index (χ2n) is 6.88. The normalized spacial score (nSPS) is 16.0. The van der Waals surface area contributed by atoms with E-state index in [2.05, 4.69) is 15.6 Å². The molecule has 1 aromatic carbocycles. The fourth-order valence-electron chi connectivity index (χ4n) is 3.41. The number of nitriles is 1. The van der Waals surface area contributed by atoms with E-state index >= 15 is 0 Å². The summed E-state index contributed by atoms with van der Waals surface area (Å²) in [6, 6.07) is 6.30. The fraction of sp³-hybridized carbons (Fsp3) is 0.526. The zero-order valence-corrected chi connectivity index (χ0v) is 15.6. The molecule has 0 aromatic heterocycles. The Bertz CT molecular complexity index is 717. The highest BCUT2D eigenvalue weighted by Crippen LogP contribution is 2.38. The number of benzene rings is 1. The third-order valence-electron chi connectivity index (χ3n) is 4.87. The molecule has 1 aliphatic carbocycles. The maximum Gasteiger partial charge on any atom is 0.230 e. The van der Waals surface area contributed by atoms with Crippen molar-refractivity contribution in [1.82, 2.24) is 15.5 Å². The van der Waals surface area contributed by atoms with Gasteiger partial charge in [-0.2, -0.15) is 5.26 Å². The van der Waals surface area contributed by atoms with Crippen LogP contribution in [0.3, 0.4) is 0 Å². The van der Waals surface area contributed by atoms with Crippen molar-refractivity contribution in [2.24, 2.45) is 10.4 Å². The van der Waals surface area contributed by atoms with Crippen LogP contribution in [-0.4, -0.2) is 44.5 Å². The largest absolute Gasteiger partial charge is 0.355 e. The summed E-state index contributed by atoms with van der Waals surface area (Å²) in [5.41, 5.74) is 0.340. The number of rotatable bonds is 5. The smallest absolute Gasteiger partial charge is 0.230 e. The van der Waals surface area contributed by atoms with Gasteiger partial charge in [0.25, 0.3) is 0 Å². The highest BCUT2D eigenvalue weighted by Gasteiger charge is 2.42. The minimum absolute atomic E-state index is 0.135. The molecule has 0 aliphatic heterocycles. The molecule has 0 atom stereocenters. The van der Waals surface area contributed by atoms with Gasteiger partial charge in [-0.15, -0.1) is 0 Å². The maximum absolute atomic E-state index is 14.0. The van der Waals surface area contributed by atoms with E-state index < -0.39 is 11.2 Å². The van der Waals surface area contributed by atoms with Crippen LogP contribution in [0.25, 0.3) is 0 Å². The van der Waals surface area contributed by atoms with Crippen molar-refractivity contribution in [1.29, 1.82) is 5.26 Å². The molecule has 0 saturated heterocycles. The van der Waals surface area contributed by atoms with E-state index in [-0.39, 0.29) is 12.5 Å². The number of carbonyl (C=O) groups excluding carboxylic acids is 1. The van der Waals surface area contributed by atoms with Crippen molar-refractivity contribution in [2.45, 2.75) is 32.2 Å². The lowest BCUT2D eigenvalue weighted by Crippen LogP contribution is -2.49. The lowest BCUT2D eigenvalue weighted by molar-refractivity contribution is -0.138. The number of carbonyl (C=O) groups is 1. The molecule has 2 rings (SSSR count). The van der Waals surface area contributed by atoms with Gasteiger partial charge in [-0.3, -0.25) is 9.79 Å². The molecule has 6 nitrogen and oxygen atoms in total. The molecule has 1 amide bonds.